The van der Waals surface area contributed by atoms with Gasteiger partial charge in [-0.3, -0.25) is 4.79 Å². The molecule has 86 valence electrons. The van der Waals surface area contributed by atoms with E-state index in [1.807, 2.05) is 7.05 Å². The van der Waals surface area contributed by atoms with E-state index >= 15 is 0 Å². The Hall–Kier alpha value is -1.68. The van der Waals surface area contributed by atoms with Crippen molar-refractivity contribution in [1.29, 1.82) is 0 Å². The number of rotatable bonds is 5. The average Bonchev–Trinajstić information content (AvgIpc) is 2.29. The predicted octanol–water partition coefficient (Wildman–Crippen LogP) is 1.17. The highest BCUT2D eigenvalue weighted by Gasteiger charge is 1.94. The highest BCUT2D eigenvalue weighted by molar-refractivity contribution is 5.91. The summed E-state index contributed by atoms with van der Waals surface area (Å²) < 4.78 is 12.6. The van der Waals surface area contributed by atoms with Crippen LogP contribution in [0.5, 0.6) is 0 Å². The van der Waals surface area contributed by atoms with E-state index in [-0.39, 0.29) is 11.7 Å². The molecule has 0 fully saturated rings. The third-order valence-corrected chi connectivity index (χ3v) is 1.97. The fourth-order valence-electron chi connectivity index (χ4n) is 1.12. The standard InChI is InChI=1S/C12H15FN2O/c1-14-8-9-15-12(16)7-4-10-2-5-11(13)6-3-10/h2-7,14H,8-9H2,1H3,(H,15,16). The number of likely N-dealkylation sites (N-methyl/N-ethyl adjacent to an activating group) is 1. The smallest absolute Gasteiger partial charge is 0.244 e. The lowest BCUT2D eigenvalue weighted by Crippen LogP contribution is -2.28. The molecule has 0 heterocycles. The molecule has 0 aliphatic rings. The molecule has 0 unspecified atom stereocenters. The molecule has 16 heavy (non-hydrogen) atoms. The van der Waals surface area contributed by atoms with Crippen LogP contribution in [0.25, 0.3) is 6.08 Å². The Labute approximate surface area is 94.4 Å². The second-order valence-electron chi connectivity index (χ2n) is 3.28. The van der Waals surface area contributed by atoms with Crippen LogP contribution >= 0.6 is 0 Å². The van der Waals surface area contributed by atoms with E-state index in [9.17, 15) is 9.18 Å². The number of carbonyl (C=O) groups excluding carboxylic acids is 1. The fourth-order valence-corrected chi connectivity index (χ4v) is 1.12. The van der Waals surface area contributed by atoms with Crippen LogP contribution in [0.1, 0.15) is 5.56 Å². The van der Waals surface area contributed by atoms with Gasteiger partial charge in [0.2, 0.25) is 5.91 Å². The van der Waals surface area contributed by atoms with Crippen molar-refractivity contribution in [2.45, 2.75) is 0 Å². The largest absolute Gasteiger partial charge is 0.351 e. The topological polar surface area (TPSA) is 41.1 Å². The molecule has 4 heteroatoms. The van der Waals surface area contributed by atoms with Gasteiger partial charge in [0.15, 0.2) is 0 Å². The first-order valence-electron chi connectivity index (χ1n) is 5.08. The number of nitrogens with one attached hydrogen (secondary N) is 2. The number of halogens is 1. The van der Waals surface area contributed by atoms with Gasteiger partial charge in [0.1, 0.15) is 5.82 Å². The Morgan fingerprint density at radius 3 is 2.62 bits per heavy atom. The van der Waals surface area contributed by atoms with Crippen LogP contribution < -0.4 is 10.6 Å². The van der Waals surface area contributed by atoms with Crippen molar-refractivity contribution >= 4 is 12.0 Å². The fraction of sp³-hybridized carbons (Fsp3) is 0.250. The summed E-state index contributed by atoms with van der Waals surface area (Å²) >= 11 is 0. The van der Waals surface area contributed by atoms with Gasteiger partial charge in [0.05, 0.1) is 0 Å². The van der Waals surface area contributed by atoms with Gasteiger partial charge in [-0.15, -0.1) is 0 Å². The highest BCUT2D eigenvalue weighted by Crippen LogP contribution is 2.04. The van der Waals surface area contributed by atoms with Crippen molar-refractivity contribution < 1.29 is 9.18 Å². The summed E-state index contributed by atoms with van der Waals surface area (Å²) in [5.74, 6) is -0.435. The third kappa shape index (κ3) is 4.70. The van der Waals surface area contributed by atoms with Crippen LogP contribution in [0.4, 0.5) is 4.39 Å². The summed E-state index contributed by atoms with van der Waals surface area (Å²) in [7, 11) is 1.82. The number of hydrogen-bond donors (Lipinski definition) is 2. The Morgan fingerprint density at radius 1 is 1.31 bits per heavy atom. The molecule has 1 aromatic carbocycles. The first-order chi connectivity index (χ1) is 7.72. The first kappa shape index (κ1) is 12.4. The van der Waals surface area contributed by atoms with E-state index < -0.39 is 0 Å². The summed E-state index contributed by atoms with van der Waals surface area (Å²) in [5, 5.41) is 5.63. The van der Waals surface area contributed by atoms with Crippen molar-refractivity contribution in [3.63, 3.8) is 0 Å². The van der Waals surface area contributed by atoms with Gasteiger partial charge in [0.25, 0.3) is 0 Å². The molecular formula is C12H15FN2O. The normalized spacial score (nSPS) is 10.6. The summed E-state index contributed by atoms with van der Waals surface area (Å²) in [5.41, 5.74) is 0.796. The molecule has 0 atom stereocenters. The summed E-state index contributed by atoms with van der Waals surface area (Å²) in [6.07, 6.45) is 3.08. The van der Waals surface area contributed by atoms with E-state index in [0.29, 0.717) is 6.54 Å². The molecule has 0 saturated heterocycles. The minimum atomic E-state index is -0.282. The maximum absolute atomic E-state index is 12.6. The molecule has 1 aromatic rings. The van der Waals surface area contributed by atoms with E-state index in [1.54, 1.807) is 18.2 Å². The molecule has 0 aliphatic heterocycles. The zero-order valence-corrected chi connectivity index (χ0v) is 9.16. The minimum Gasteiger partial charge on any atom is -0.351 e. The molecule has 1 rings (SSSR count). The summed E-state index contributed by atoms with van der Waals surface area (Å²) in [4.78, 5) is 11.3. The average molecular weight is 222 g/mol. The Morgan fingerprint density at radius 2 is 2.00 bits per heavy atom. The van der Waals surface area contributed by atoms with Crippen molar-refractivity contribution in [2.24, 2.45) is 0 Å². The second-order valence-corrected chi connectivity index (χ2v) is 3.28. The molecule has 0 bridgehead atoms. The summed E-state index contributed by atoms with van der Waals surface area (Å²) in [6, 6.07) is 5.95. The predicted molar refractivity (Wildman–Crippen MR) is 62.4 cm³/mol. The monoisotopic (exact) mass is 222 g/mol. The van der Waals surface area contributed by atoms with Gasteiger partial charge in [-0.05, 0) is 30.8 Å². The van der Waals surface area contributed by atoms with Crippen LogP contribution in [0.15, 0.2) is 30.3 Å². The maximum Gasteiger partial charge on any atom is 0.244 e. The number of benzene rings is 1. The van der Waals surface area contributed by atoms with Gasteiger partial charge >= 0.3 is 0 Å². The lowest BCUT2D eigenvalue weighted by Gasteiger charge is -2.00. The van der Waals surface area contributed by atoms with E-state index in [1.165, 1.54) is 18.2 Å². The number of hydrogen-bond acceptors (Lipinski definition) is 2. The Kier molecular flexibility index (Phi) is 5.22. The first-order valence-corrected chi connectivity index (χ1v) is 5.08. The molecule has 0 saturated carbocycles. The number of carbonyl (C=O) groups is 1. The van der Waals surface area contributed by atoms with E-state index in [0.717, 1.165) is 12.1 Å². The van der Waals surface area contributed by atoms with Crippen LogP contribution in [-0.2, 0) is 4.79 Å². The van der Waals surface area contributed by atoms with Crippen LogP contribution in [0.2, 0.25) is 0 Å². The van der Waals surface area contributed by atoms with E-state index in [2.05, 4.69) is 10.6 Å². The molecule has 2 N–H and O–H groups in total. The molecular weight excluding hydrogens is 207 g/mol. The van der Waals surface area contributed by atoms with Gasteiger partial charge < -0.3 is 10.6 Å². The third-order valence-electron chi connectivity index (χ3n) is 1.97. The van der Waals surface area contributed by atoms with Gasteiger partial charge in [0, 0.05) is 19.2 Å². The SMILES string of the molecule is CNCCNC(=O)C=Cc1ccc(F)cc1. The maximum atomic E-state index is 12.6. The van der Waals surface area contributed by atoms with Crippen molar-refractivity contribution in [3.05, 3.63) is 41.7 Å². The van der Waals surface area contributed by atoms with Crippen LogP contribution in [0.3, 0.4) is 0 Å². The molecule has 0 spiro atoms. The second kappa shape index (κ2) is 6.74. The van der Waals surface area contributed by atoms with Crippen LogP contribution in [0, 0.1) is 5.82 Å². The molecule has 0 aliphatic carbocycles. The molecule has 0 aromatic heterocycles. The Bertz CT molecular complexity index is 360. The minimum absolute atomic E-state index is 0.153. The van der Waals surface area contributed by atoms with Crippen molar-refractivity contribution in [2.75, 3.05) is 20.1 Å². The van der Waals surface area contributed by atoms with Gasteiger partial charge in [-0.2, -0.15) is 0 Å². The molecule has 1 amide bonds. The number of amides is 1. The molecule has 0 radical (unpaired) electrons. The van der Waals surface area contributed by atoms with Gasteiger partial charge in [-0.25, -0.2) is 4.39 Å². The highest BCUT2D eigenvalue weighted by atomic mass is 19.1. The lowest BCUT2D eigenvalue weighted by molar-refractivity contribution is -0.116. The summed E-state index contributed by atoms with van der Waals surface area (Å²) in [6.45, 7) is 1.32. The zero-order valence-electron chi connectivity index (χ0n) is 9.16. The Balaban J connectivity index is 2.41. The van der Waals surface area contributed by atoms with Gasteiger partial charge in [-0.1, -0.05) is 12.1 Å². The van der Waals surface area contributed by atoms with E-state index in [4.69, 9.17) is 0 Å². The van der Waals surface area contributed by atoms with Crippen LogP contribution in [-0.4, -0.2) is 26.0 Å². The zero-order chi connectivity index (χ0) is 11.8. The molecule has 3 nitrogen and oxygen atoms in total. The lowest BCUT2D eigenvalue weighted by atomic mass is 10.2. The van der Waals surface area contributed by atoms with Crippen molar-refractivity contribution in [3.8, 4) is 0 Å². The van der Waals surface area contributed by atoms with Crippen molar-refractivity contribution in [1.82, 2.24) is 10.6 Å². The quantitative estimate of drug-likeness (QED) is 0.580.